The largest absolute Gasteiger partial charge is 0.494 e. The molecule has 0 fully saturated rings. The number of fused-ring (bicyclic) bond motifs is 1. The highest BCUT2D eigenvalue weighted by Gasteiger charge is 2.26. The van der Waals surface area contributed by atoms with Crippen molar-refractivity contribution in [3.8, 4) is 11.5 Å². The predicted octanol–water partition coefficient (Wildman–Crippen LogP) is 1.96. The Labute approximate surface area is 158 Å². The average molecular weight is 390 g/mol. The van der Waals surface area contributed by atoms with E-state index in [1.165, 1.54) is 11.0 Å². The van der Waals surface area contributed by atoms with E-state index in [4.69, 9.17) is 9.47 Å². The van der Waals surface area contributed by atoms with Crippen LogP contribution in [0.1, 0.15) is 12.5 Å². The molecule has 0 saturated heterocycles. The zero-order chi connectivity index (χ0) is 19.4. The molecular weight excluding hydrogens is 368 g/mol. The lowest BCUT2D eigenvalue weighted by Gasteiger charge is -2.12. The summed E-state index contributed by atoms with van der Waals surface area (Å²) in [5.74, 6) is 1.35. The summed E-state index contributed by atoms with van der Waals surface area (Å²) in [4.78, 5) is 13.4. The van der Waals surface area contributed by atoms with Crippen LogP contribution >= 0.6 is 0 Å². The second-order valence-electron chi connectivity index (χ2n) is 6.07. The van der Waals surface area contributed by atoms with Crippen LogP contribution in [0, 0.1) is 0 Å². The minimum absolute atomic E-state index is 0.0451. The SMILES string of the molecule is CCOc1ccc(OCCNS(=O)(=O)c2ccc3c(c2)CC(=O)N3C)cc1. The molecule has 0 spiro atoms. The van der Waals surface area contributed by atoms with Crippen molar-refractivity contribution in [3.63, 3.8) is 0 Å². The van der Waals surface area contributed by atoms with Crippen LogP contribution in [0.2, 0.25) is 0 Å². The summed E-state index contributed by atoms with van der Waals surface area (Å²) in [7, 11) is -1.99. The number of nitrogens with one attached hydrogen (secondary N) is 1. The average Bonchev–Trinajstić information content (AvgIpc) is 2.94. The van der Waals surface area contributed by atoms with E-state index < -0.39 is 10.0 Å². The van der Waals surface area contributed by atoms with Gasteiger partial charge in [-0.15, -0.1) is 0 Å². The third kappa shape index (κ3) is 4.40. The van der Waals surface area contributed by atoms with Crippen LogP contribution in [-0.2, 0) is 21.2 Å². The number of benzene rings is 2. The molecule has 0 aromatic heterocycles. The molecule has 1 aliphatic rings. The van der Waals surface area contributed by atoms with Gasteiger partial charge in [0, 0.05) is 19.3 Å². The molecule has 8 heteroatoms. The van der Waals surface area contributed by atoms with Crippen LogP contribution < -0.4 is 19.1 Å². The molecule has 3 rings (SSSR count). The number of hydrogen-bond donors (Lipinski definition) is 1. The highest BCUT2D eigenvalue weighted by molar-refractivity contribution is 7.89. The van der Waals surface area contributed by atoms with Crippen LogP contribution in [0.3, 0.4) is 0 Å². The van der Waals surface area contributed by atoms with Crippen molar-refractivity contribution in [1.29, 1.82) is 0 Å². The van der Waals surface area contributed by atoms with E-state index >= 15 is 0 Å². The van der Waals surface area contributed by atoms with Gasteiger partial charge in [-0.1, -0.05) is 0 Å². The van der Waals surface area contributed by atoms with Crippen LogP contribution in [0.5, 0.6) is 11.5 Å². The normalized spacial score (nSPS) is 13.6. The summed E-state index contributed by atoms with van der Waals surface area (Å²) >= 11 is 0. The highest BCUT2D eigenvalue weighted by Crippen LogP contribution is 2.29. The molecular formula is C19H22N2O5S. The van der Waals surface area contributed by atoms with E-state index in [0.717, 1.165) is 17.0 Å². The molecule has 1 amide bonds. The molecule has 0 atom stereocenters. The first-order valence-electron chi connectivity index (χ1n) is 8.65. The van der Waals surface area contributed by atoms with Crippen LogP contribution in [0.4, 0.5) is 5.69 Å². The Morgan fingerprint density at radius 2 is 1.74 bits per heavy atom. The zero-order valence-electron chi connectivity index (χ0n) is 15.3. The molecule has 1 aliphatic heterocycles. The topological polar surface area (TPSA) is 84.9 Å². The number of carbonyl (C=O) groups excluding carboxylic acids is 1. The first kappa shape index (κ1) is 19.2. The maximum absolute atomic E-state index is 12.4. The number of sulfonamides is 1. The van der Waals surface area contributed by atoms with Gasteiger partial charge in [-0.25, -0.2) is 13.1 Å². The summed E-state index contributed by atoms with van der Waals surface area (Å²) < 4.78 is 38.3. The number of rotatable bonds is 8. The monoisotopic (exact) mass is 390 g/mol. The summed E-state index contributed by atoms with van der Waals surface area (Å²) in [6, 6.07) is 11.8. The molecule has 0 saturated carbocycles. The van der Waals surface area contributed by atoms with Gasteiger partial charge in [-0.05, 0) is 55.0 Å². The van der Waals surface area contributed by atoms with Gasteiger partial charge >= 0.3 is 0 Å². The van der Waals surface area contributed by atoms with Crippen molar-refractivity contribution < 1.29 is 22.7 Å². The number of likely N-dealkylation sites (N-methyl/N-ethyl adjacent to an activating group) is 1. The Kier molecular flexibility index (Phi) is 5.67. The van der Waals surface area contributed by atoms with Crippen LogP contribution in [0.15, 0.2) is 47.4 Å². The van der Waals surface area contributed by atoms with Gasteiger partial charge in [0.25, 0.3) is 0 Å². The van der Waals surface area contributed by atoms with Gasteiger partial charge < -0.3 is 14.4 Å². The number of carbonyl (C=O) groups is 1. The summed E-state index contributed by atoms with van der Waals surface area (Å²) in [5, 5.41) is 0. The fourth-order valence-corrected chi connectivity index (χ4v) is 3.90. The van der Waals surface area contributed by atoms with Crippen LogP contribution in [0.25, 0.3) is 0 Å². The number of amides is 1. The van der Waals surface area contributed by atoms with E-state index in [1.807, 2.05) is 6.92 Å². The Balaban J connectivity index is 1.55. The van der Waals surface area contributed by atoms with E-state index in [2.05, 4.69) is 4.72 Å². The highest BCUT2D eigenvalue weighted by atomic mass is 32.2. The molecule has 1 heterocycles. The van der Waals surface area contributed by atoms with E-state index in [1.54, 1.807) is 43.4 Å². The molecule has 27 heavy (non-hydrogen) atoms. The fourth-order valence-electron chi connectivity index (χ4n) is 2.84. The Hall–Kier alpha value is -2.58. The smallest absolute Gasteiger partial charge is 0.240 e. The Morgan fingerprint density at radius 3 is 2.41 bits per heavy atom. The van der Waals surface area contributed by atoms with Crippen molar-refractivity contribution in [2.45, 2.75) is 18.2 Å². The van der Waals surface area contributed by atoms with Crippen molar-refractivity contribution in [3.05, 3.63) is 48.0 Å². The van der Waals surface area contributed by atoms with Gasteiger partial charge in [0.2, 0.25) is 15.9 Å². The molecule has 0 unspecified atom stereocenters. The first-order valence-corrected chi connectivity index (χ1v) is 10.1. The van der Waals surface area contributed by atoms with E-state index in [-0.39, 0.29) is 30.4 Å². The number of nitrogens with zero attached hydrogens (tertiary/aromatic N) is 1. The van der Waals surface area contributed by atoms with Crippen molar-refractivity contribution >= 4 is 21.6 Å². The Morgan fingerprint density at radius 1 is 1.07 bits per heavy atom. The lowest BCUT2D eigenvalue weighted by atomic mass is 10.2. The summed E-state index contributed by atoms with van der Waals surface area (Å²) in [5.41, 5.74) is 1.47. The second kappa shape index (κ2) is 7.98. The fraction of sp³-hybridized carbons (Fsp3) is 0.316. The molecule has 0 aliphatic carbocycles. The van der Waals surface area contributed by atoms with Crippen LogP contribution in [-0.4, -0.2) is 41.1 Å². The Bertz CT molecular complexity index is 926. The van der Waals surface area contributed by atoms with Gasteiger partial charge in [-0.3, -0.25) is 4.79 Å². The minimum Gasteiger partial charge on any atom is -0.494 e. The van der Waals surface area contributed by atoms with Crippen molar-refractivity contribution in [2.24, 2.45) is 0 Å². The maximum atomic E-state index is 12.4. The maximum Gasteiger partial charge on any atom is 0.240 e. The lowest BCUT2D eigenvalue weighted by Crippen LogP contribution is -2.28. The molecule has 0 radical (unpaired) electrons. The van der Waals surface area contributed by atoms with E-state index in [0.29, 0.717) is 12.4 Å². The van der Waals surface area contributed by atoms with Gasteiger partial charge in [0.05, 0.1) is 17.9 Å². The molecule has 7 nitrogen and oxygen atoms in total. The second-order valence-corrected chi connectivity index (χ2v) is 7.84. The van der Waals surface area contributed by atoms with E-state index in [9.17, 15) is 13.2 Å². The third-order valence-electron chi connectivity index (χ3n) is 4.24. The number of ether oxygens (including phenoxy) is 2. The van der Waals surface area contributed by atoms with Gasteiger partial charge in [0.1, 0.15) is 18.1 Å². The molecule has 2 aromatic rings. The number of anilines is 1. The van der Waals surface area contributed by atoms with Crippen molar-refractivity contribution in [1.82, 2.24) is 4.72 Å². The number of hydrogen-bond acceptors (Lipinski definition) is 5. The van der Waals surface area contributed by atoms with Gasteiger partial charge in [-0.2, -0.15) is 0 Å². The zero-order valence-corrected chi connectivity index (χ0v) is 16.1. The molecule has 144 valence electrons. The molecule has 2 aromatic carbocycles. The lowest BCUT2D eigenvalue weighted by molar-refractivity contribution is -0.117. The van der Waals surface area contributed by atoms with Gasteiger partial charge in [0.15, 0.2) is 0 Å². The van der Waals surface area contributed by atoms with Crippen molar-refractivity contribution in [2.75, 3.05) is 31.7 Å². The quantitative estimate of drug-likeness (QED) is 0.697. The first-order chi connectivity index (χ1) is 12.9. The summed E-state index contributed by atoms with van der Waals surface area (Å²) in [6.07, 6.45) is 0.218. The molecule has 0 bridgehead atoms. The predicted molar refractivity (Wildman–Crippen MR) is 102 cm³/mol. The minimum atomic E-state index is -3.67. The molecule has 1 N–H and O–H groups in total. The standard InChI is InChI=1S/C19H22N2O5S/c1-3-25-15-4-6-16(7-5-15)26-11-10-20-27(23,24)17-8-9-18-14(12-17)13-19(22)21(18)2/h4-9,12,20H,3,10-11,13H2,1-2H3. The summed E-state index contributed by atoms with van der Waals surface area (Å²) in [6.45, 7) is 2.83. The third-order valence-corrected chi connectivity index (χ3v) is 5.69.